The van der Waals surface area contributed by atoms with Gasteiger partial charge in [0, 0.05) is 42.7 Å². The summed E-state index contributed by atoms with van der Waals surface area (Å²) >= 11 is 0. The molecule has 17 heavy (non-hydrogen) atoms. The SMILES string of the molecule is CNCCC(F)(F)c1cn(C)c2ccccc12. The quantitative estimate of drug-likeness (QED) is 0.866. The van der Waals surface area contributed by atoms with Gasteiger partial charge >= 0.3 is 0 Å². The first kappa shape index (κ1) is 12.0. The average Bonchev–Trinajstić information content (AvgIpc) is 2.66. The normalized spacial score (nSPS) is 12.2. The third-order valence-electron chi connectivity index (χ3n) is 2.98. The number of alkyl halides is 2. The van der Waals surface area contributed by atoms with Crippen molar-refractivity contribution in [1.82, 2.24) is 9.88 Å². The zero-order valence-corrected chi connectivity index (χ0v) is 10.0. The Bertz CT molecular complexity index is 517. The van der Waals surface area contributed by atoms with Gasteiger partial charge in [-0.3, -0.25) is 0 Å². The topological polar surface area (TPSA) is 17.0 Å². The highest BCUT2D eigenvalue weighted by Gasteiger charge is 2.33. The Balaban J connectivity index is 2.48. The summed E-state index contributed by atoms with van der Waals surface area (Å²) in [6.45, 7) is 0.302. The minimum atomic E-state index is -2.79. The highest BCUT2D eigenvalue weighted by Crippen LogP contribution is 2.36. The zero-order chi connectivity index (χ0) is 12.5. The van der Waals surface area contributed by atoms with Gasteiger partial charge in [0.05, 0.1) is 0 Å². The third-order valence-corrected chi connectivity index (χ3v) is 2.98. The Kier molecular flexibility index (Phi) is 3.15. The minimum absolute atomic E-state index is 0.117. The van der Waals surface area contributed by atoms with E-state index in [4.69, 9.17) is 0 Å². The molecule has 0 fully saturated rings. The summed E-state index contributed by atoms with van der Waals surface area (Å²) in [4.78, 5) is 0. The molecule has 0 unspecified atom stereocenters. The fraction of sp³-hybridized carbons (Fsp3) is 0.385. The van der Waals surface area contributed by atoms with Gasteiger partial charge in [-0.25, -0.2) is 8.78 Å². The number of nitrogens with one attached hydrogen (secondary N) is 1. The van der Waals surface area contributed by atoms with Crippen LogP contribution in [0.1, 0.15) is 12.0 Å². The van der Waals surface area contributed by atoms with Gasteiger partial charge < -0.3 is 9.88 Å². The molecule has 0 atom stereocenters. The monoisotopic (exact) mass is 238 g/mol. The van der Waals surface area contributed by atoms with E-state index < -0.39 is 5.92 Å². The van der Waals surface area contributed by atoms with Crippen molar-refractivity contribution in [3.8, 4) is 0 Å². The number of para-hydroxylation sites is 1. The summed E-state index contributed by atoms with van der Waals surface area (Å²) < 4.78 is 29.8. The van der Waals surface area contributed by atoms with Crippen LogP contribution in [0, 0.1) is 0 Å². The molecule has 1 heterocycles. The van der Waals surface area contributed by atoms with Gasteiger partial charge in [-0.05, 0) is 13.1 Å². The highest BCUT2D eigenvalue weighted by atomic mass is 19.3. The van der Waals surface area contributed by atoms with E-state index in [1.165, 1.54) is 6.20 Å². The molecule has 92 valence electrons. The molecule has 1 aromatic carbocycles. The number of hydrogen-bond acceptors (Lipinski definition) is 1. The number of aryl methyl sites for hydroxylation is 1. The fourth-order valence-electron chi connectivity index (χ4n) is 2.05. The zero-order valence-electron chi connectivity index (χ0n) is 10.0. The van der Waals surface area contributed by atoms with Gasteiger partial charge in [0.15, 0.2) is 0 Å². The predicted molar refractivity (Wildman–Crippen MR) is 65.4 cm³/mol. The first-order valence-electron chi connectivity index (χ1n) is 5.63. The number of hydrogen-bond donors (Lipinski definition) is 1. The largest absolute Gasteiger partial charge is 0.350 e. The molecule has 0 aliphatic rings. The summed E-state index contributed by atoms with van der Waals surface area (Å²) in [5, 5.41) is 3.40. The van der Waals surface area contributed by atoms with E-state index in [2.05, 4.69) is 5.32 Å². The summed E-state index contributed by atoms with van der Waals surface area (Å²) in [7, 11) is 3.47. The molecule has 0 bridgehead atoms. The second-order valence-electron chi connectivity index (χ2n) is 4.23. The summed E-state index contributed by atoms with van der Waals surface area (Å²) in [5.74, 6) is -2.79. The van der Waals surface area contributed by atoms with Crippen LogP contribution in [0.4, 0.5) is 8.78 Å². The Labute approximate surface area is 99.2 Å². The van der Waals surface area contributed by atoms with Gasteiger partial charge in [0.25, 0.3) is 5.92 Å². The number of benzene rings is 1. The maximum absolute atomic E-state index is 14.0. The van der Waals surface area contributed by atoms with E-state index >= 15 is 0 Å². The van der Waals surface area contributed by atoms with Crippen molar-refractivity contribution in [3.63, 3.8) is 0 Å². The van der Waals surface area contributed by atoms with Crippen molar-refractivity contribution in [1.29, 1.82) is 0 Å². The maximum atomic E-state index is 14.0. The smallest absolute Gasteiger partial charge is 0.276 e. The fourth-order valence-corrected chi connectivity index (χ4v) is 2.05. The lowest BCUT2D eigenvalue weighted by Gasteiger charge is -2.15. The van der Waals surface area contributed by atoms with E-state index in [9.17, 15) is 8.78 Å². The molecular weight excluding hydrogens is 222 g/mol. The summed E-state index contributed by atoms with van der Waals surface area (Å²) in [6.07, 6.45) is 1.35. The average molecular weight is 238 g/mol. The standard InChI is InChI=1S/C13H16F2N2/c1-16-8-7-13(14,15)11-9-17(2)12-6-4-3-5-10(11)12/h3-6,9,16H,7-8H2,1-2H3. The van der Waals surface area contributed by atoms with Gasteiger partial charge in [0.2, 0.25) is 0 Å². The molecule has 2 aromatic rings. The van der Waals surface area contributed by atoms with Crippen molar-refractivity contribution in [2.45, 2.75) is 12.3 Å². The van der Waals surface area contributed by atoms with Gasteiger partial charge in [0.1, 0.15) is 0 Å². The highest BCUT2D eigenvalue weighted by molar-refractivity contribution is 5.84. The van der Waals surface area contributed by atoms with E-state index in [1.54, 1.807) is 30.8 Å². The van der Waals surface area contributed by atoms with E-state index in [0.29, 0.717) is 11.9 Å². The molecule has 4 heteroatoms. The van der Waals surface area contributed by atoms with Crippen LogP contribution in [-0.4, -0.2) is 18.2 Å². The molecule has 0 radical (unpaired) electrons. The first-order valence-corrected chi connectivity index (χ1v) is 5.63. The van der Waals surface area contributed by atoms with Crippen LogP contribution >= 0.6 is 0 Å². The maximum Gasteiger partial charge on any atom is 0.276 e. The second-order valence-corrected chi connectivity index (χ2v) is 4.23. The van der Waals surface area contributed by atoms with E-state index in [0.717, 1.165) is 5.52 Å². The van der Waals surface area contributed by atoms with Crippen LogP contribution in [0.2, 0.25) is 0 Å². The van der Waals surface area contributed by atoms with E-state index in [1.807, 2.05) is 12.1 Å². The van der Waals surface area contributed by atoms with Crippen LogP contribution in [0.3, 0.4) is 0 Å². The van der Waals surface area contributed by atoms with Crippen molar-refractivity contribution in [2.24, 2.45) is 7.05 Å². The summed E-state index contributed by atoms with van der Waals surface area (Å²) in [5.41, 5.74) is 0.956. The van der Waals surface area contributed by atoms with Gasteiger partial charge in [-0.15, -0.1) is 0 Å². The van der Waals surface area contributed by atoms with Crippen LogP contribution < -0.4 is 5.32 Å². The number of rotatable bonds is 4. The molecule has 1 aromatic heterocycles. The number of fused-ring (bicyclic) bond motifs is 1. The lowest BCUT2D eigenvalue weighted by molar-refractivity contribution is -0.0109. The third kappa shape index (κ3) is 2.17. The van der Waals surface area contributed by atoms with E-state index in [-0.39, 0.29) is 12.0 Å². The first-order chi connectivity index (χ1) is 8.06. The minimum Gasteiger partial charge on any atom is -0.350 e. The summed E-state index contributed by atoms with van der Waals surface area (Å²) in [6, 6.07) is 7.25. The molecule has 0 spiro atoms. The second kappa shape index (κ2) is 4.45. The van der Waals surface area contributed by atoms with Crippen molar-refractivity contribution >= 4 is 10.9 Å². The Morgan fingerprint density at radius 1 is 1.29 bits per heavy atom. The Hall–Kier alpha value is -1.42. The molecule has 0 saturated heterocycles. The molecule has 0 amide bonds. The van der Waals surface area contributed by atoms with Gasteiger partial charge in [-0.1, -0.05) is 18.2 Å². The molecule has 0 aliphatic heterocycles. The van der Waals surface area contributed by atoms with Gasteiger partial charge in [-0.2, -0.15) is 0 Å². The molecule has 0 aliphatic carbocycles. The number of halogens is 2. The molecule has 1 N–H and O–H groups in total. The number of aromatic nitrogens is 1. The van der Waals surface area contributed by atoms with Crippen LogP contribution in [0.15, 0.2) is 30.5 Å². The van der Waals surface area contributed by atoms with Crippen LogP contribution in [0.25, 0.3) is 10.9 Å². The van der Waals surface area contributed by atoms with Crippen molar-refractivity contribution in [3.05, 3.63) is 36.0 Å². The molecule has 2 nitrogen and oxygen atoms in total. The molecule has 0 saturated carbocycles. The lowest BCUT2D eigenvalue weighted by atomic mass is 10.0. The molecular formula is C13H16F2N2. The Morgan fingerprint density at radius 3 is 2.71 bits per heavy atom. The lowest BCUT2D eigenvalue weighted by Crippen LogP contribution is -2.20. The Morgan fingerprint density at radius 2 is 2.00 bits per heavy atom. The number of nitrogens with zero attached hydrogens (tertiary/aromatic N) is 1. The predicted octanol–water partition coefficient (Wildman–Crippen LogP) is 2.88. The van der Waals surface area contributed by atoms with Crippen LogP contribution in [-0.2, 0) is 13.0 Å². The van der Waals surface area contributed by atoms with Crippen molar-refractivity contribution < 1.29 is 8.78 Å². The van der Waals surface area contributed by atoms with Crippen LogP contribution in [0.5, 0.6) is 0 Å². The molecule has 2 rings (SSSR count). The van der Waals surface area contributed by atoms with Crippen molar-refractivity contribution in [2.75, 3.05) is 13.6 Å².